The van der Waals surface area contributed by atoms with E-state index in [1.165, 1.54) is 0 Å². The topological polar surface area (TPSA) is 146 Å². The lowest BCUT2D eigenvalue weighted by Crippen LogP contribution is -2.76. The molecule has 3 N–H and O–H groups in total. The lowest BCUT2D eigenvalue weighted by atomic mass is 9.93. The number of carbonyl (C=O) groups is 1. The third-order valence-corrected chi connectivity index (χ3v) is 4.65. The highest BCUT2D eigenvalue weighted by molar-refractivity contribution is 5.73. The number of ether oxygens (including phenoxy) is 1. The number of rotatable bonds is 4. The quantitative estimate of drug-likeness (QED) is 0.185. The number of guanidine groups is 1. The normalized spacial score (nSPS) is 26.3. The Morgan fingerprint density at radius 2 is 2.04 bits per heavy atom. The standard InChI is InChI=1S/C15H27N5O5/c1-10(8-18(12(16)17)19(23)24)7-11-9-25-15(5,6)20(11,13(21)22)14(2,3)4/h7,11H,8-9H2,1-6H3,(H3-,16,17,21,22)/b10-7+/t11?,20-/m0/s1. The molecule has 1 rings (SSSR count). The zero-order chi connectivity index (χ0) is 19.8. The van der Waals surface area contributed by atoms with Crippen LogP contribution in [-0.2, 0) is 4.74 Å². The Balaban J connectivity index is 3.33. The van der Waals surface area contributed by atoms with Gasteiger partial charge in [-0.25, -0.2) is 14.6 Å². The molecule has 0 aromatic rings. The van der Waals surface area contributed by atoms with Crippen molar-refractivity contribution in [1.29, 1.82) is 5.41 Å². The molecular weight excluding hydrogens is 330 g/mol. The maximum absolute atomic E-state index is 12.2. The van der Waals surface area contributed by atoms with E-state index in [9.17, 15) is 20.0 Å². The van der Waals surface area contributed by atoms with Gasteiger partial charge in [-0.2, -0.15) is 0 Å². The average Bonchev–Trinajstić information content (AvgIpc) is 2.66. The van der Waals surface area contributed by atoms with E-state index >= 15 is 0 Å². The number of carboxylic acid groups (broad SMARTS) is 1. The van der Waals surface area contributed by atoms with Gasteiger partial charge in [0, 0.05) is 13.8 Å². The highest BCUT2D eigenvalue weighted by Crippen LogP contribution is 2.44. The first-order valence-corrected chi connectivity index (χ1v) is 7.86. The van der Waals surface area contributed by atoms with Gasteiger partial charge in [-0.1, -0.05) is 5.01 Å². The third kappa shape index (κ3) is 3.45. The fraction of sp³-hybridized carbons (Fsp3) is 0.733. The monoisotopic (exact) mass is 357 g/mol. The summed E-state index contributed by atoms with van der Waals surface area (Å²) in [6, 6.07) is -0.597. The fourth-order valence-corrected chi connectivity index (χ4v) is 3.84. The zero-order valence-corrected chi connectivity index (χ0v) is 15.5. The second-order valence-electron chi connectivity index (χ2n) is 7.68. The number of nitrogens with one attached hydrogen (secondary N) is 1. The molecule has 1 fully saturated rings. The van der Waals surface area contributed by atoms with E-state index in [2.05, 4.69) is 0 Å². The molecule has 1 aliphatic rings. The lowest BCUT2D eigenvalue weighted by Gasteiger charge is -2.54. The molecule has 0 saturated carbocycles. The van der Waals surface area contributed by atoms with Crippen LogP contribution in [0.2, 0.25) is 0 Å². The summed E-state index contributed by atoms with van der Waals surface area (Å²) in [6.45, 7) is 10.3. The van der Waals surface area contributed by atoms with Gasteiger partial charge in [-0.15, -0.1) is 0 Å². The van der Waals surface area contributed by atoms with E-state index in [0.717, 1.165) is 0 Å². The van der Waals surface area contributed by atoms with Gasteiger partial charge >= 0.3 is 0 Å². The van der Waals surface area contributed by atoms with E-state index < -0.39 is 38.9 Å². The summed E-state index contributed by atoms with van der Waals surface area (Å²) in [7, 11) is 0. The molecular formula is C15H27N5O5. The molecule has 0 aliphatic carbocycles. The van der Waals surface area contributed by atoms with E-state index in [1.807, 2.05) is 0 Å². The Morgan fingerprint density at radius 1 is 1.52 bits per heavy atom. The molecule has 25 heavy (non-hydrogen) atoms. The predicted molar refractivity (Wildman–Crippen MR) is 88.6 cm³/mol. The highest BCUT2D eigenvalue weighted by Gasteiger charge is 2.63. The van der Waals surface area contributed by atoms with Crippen LogP contribution >= 0.6 is 0 Å². The van der Waals surface area contributed by atoms with Gasteiger partial charge < -0.3 is 20.4 Å². The first-order valence-electron chi connectivity index (χ1n) is 7.86. The van der Waals surface area contributed by atoms with Crippen molar-refractivity contribution in [1.82, 2.24) is 5.01 Å². The molecule has 0 aromatic heterocycles. The maximum atomic E-state index is 12.2. The van der Waals surface area contributed by atoms with Crippen molar-refractivity contribution in [3.05, 3.63) is 21.8 Å². The van der Waals surface area contributed by atoms with Crippen molar-refractivity contribution >= 4 is 12.1 Å². The van der Waals surface area contributed by atoms with Gasteiger partial charge in [0.05, 0.1) is 5.54 Å². The number of carbonyl (C=O) groups excluding carboxylic acids is 1. The van der Waals surface area contributed by atoms with E-state index in [-0.39, 0.29) is 13.2 Å². The van der Waals surface area contributed by atoms with Crippen molar-refractivity contribution in [2.24, 2.45) is 5.73 Å². The molecule has 1 aliphatic heterocycles. The molecule has 0 radical (unpaired) electrons. The minimum atomic E-state index is -1.28. The van der Waals surface area contributed by atoms with Crippen LogP contribution in [0.4, 0.5) is 4.79 Å². The third-order valence-electron chi connectivity index (χ3n) is 4.65. The smallest absolute Gasteiger partial charge is 0.260 e. The number of nitrogens with zero attached hydrogens (tertiary/aromatic N) is 3. The minimum Gasteiger partial charge on any atom is -0.498 e. The number of amides is 1. The predicted octanol–water partition coefficient (Wildman–Crippen LogP) is 0.413. The first kappa shape index (κ1) is 20.8. The lowest BCUT2D eigenvalue weighted by molar-refractivity contribution is -0.976. The summed E-state index contributed by atoms with van der Waals surface area (Å²) in [6.07, 6.45) is 0.358. The van der Waals surface area contributed by atoms with Gasteiger partial charge in [0.15, 0.2) is 5.03 Å². The Morgan fingerprint density at radius 3 is 2.40 bits per heavy atom. The number of hydrazine groups is 1. The maximum Gasteiger partial charge on any atom is 0.260 e. The van der Waals surface area contributed by atoms with Crippen LogP contribution in [0, 0.1) is 15.5 Å². The number of quaternary nitrogens is 1. The molecule has 0 aromatic carbocycles. The number of hydrogen-bond donors (Lipinski definition) is 2. The summed E-state index contributed by atoms with van der Waals surface area (Å²) < 4.78 is 5.27. The van der Waals surface area contributed by atoms with E-state index in [1.54, 1.807) is 47.6 Å². The molecule has 1 heterocycles. The second kappa shape index (κ2) is 6.60. The second-order valence-corrected chi connectivity index (χ2v) is 7.68. The summed E-state index contributed by atoms with van der Waals surface area (Å²) in [5.74, 6) is -0.697. The number of nitro groups is 1. The molecule has 1 saturated heterocycles. The van der Waals surface area contributed by atoms with Crippen LogP contribution in [0.1, 0.15) is 41.5 Å². The molecule has 1 amide bonds. The van der Waals surface area contributed by atoms with Crippen LogP contribution in [0.3, 0.4) is 0 Å². The molecule has 10 heteroatoms. The van der Waals surface area contributed by atoms with Crippen LogP contribution in [-0.4, -0.2) is 57.0 Å². The SMILES string of the molecule is C/C(=C\C1COC(C)(C)[N@@+]1(C(=O)[O-])C(C)(C)C)CN(C(=N)N)[N+](=O)[O-]. The van der Waals surface area contributed by atoms with Gasteiger partial charge in [0.25, 0.3) is 12.1 Å². The molecule has 2 atom stereocenters. The van der Waals surface area contributed by atoms with Crippen molar-refractivity contribution in [3.63, 3.8) is 0 Å². The van der Waals surface area contributed by atoms with E-state index in [0.29, 0.717) is 10.6 Å². The highest BCUT2D eigenvalue weighted by atomic mass is 16.7. The van der Waals surface area contributed by atoms with Gasteiger partial charge in [0.1, 0.15) is 19.2 Å². The summed E-state index contributed by atoms with van der Waals surface area (Å²) in [5.41, 5.74) is 3.94. The number of nitrogens with two attached hydrogens (primary N) is 1. The van der Waals surface area contributed by atoms with Crippen LogP contribution < -0.4 is 10.8 Å². The van der Waals surface area contributed by atoms with Crippen LogP contribution in [0.5, 0.6) is 0 Å². The minimum absolute atomic E-state index is 0.133. The molecule has 0 bridgehead atoms. The average molecular weight is 357 g/mol. The first-order chi connectivity index (χ1) is 11.2. The Labute approximate surface area is 147 Å². The number of hydrogen-bond acceptors (Lipinski definition) is 6. The van der Waals surface area contributed by atoms with Crippen molar-refractivity contribution in [2.75, 3.05) is 13.2 Å². The Kier molecular flexibility index (Phi) is 5.50. The van der Waals surface area contributed by atoms with Gasteiger partial charge in [-0.3, -0.25) is 5.41 Å². The van der Waals surface area contributed by atoms with Crippen molar-refractivity contribution in [2.45, 2.75) is 58.8 Å². The largest absolute Gasteiger partial charge is 0.498 e. The summed E-state index contributed by atoms with van der Waals surface area (Å²) in [4.78, 5) is 23.2. The van der Waals surface area contributed by atoms with E-state index in [4.69, 9.17) is 15.9 Å². The Bertz CT molecular complexity index is 596. The summed E-state index contributed by atoms with van der Waals surface area (Å²) >= 11 is 0. The Hall–Kier alpha value is -2.20. The van der Waals surface area contributed by atoms with Crippen LogP contribution in [0.15, 0.2) is 11.6 Å². The van der Waals surface area contributed by atoms with Crippen molar-refractivity contribution in [3.8, 4) is 0 Å². The zero-order valence-electron chi connectivity index (χ0n) is 15.5. The fourth-order valence-electron chi connectivity index (χ4n) is 3.84. The van der Waals surface area contributed by atoms with Gasteiger partial charge in [0.2, 0.25) is 5.72 Å². The molecule has 0 spiro atoms. The molecule has 1 unspecified atom stereocenters. The van der Waals surface area contributed by atoms with Crippen molar-refractivity contribution < 1.29 is 24.2 Å². The molecule has 10 nitrogen and oxygen atoms in total. The van der Waals surface area contributed by atoms with Gasteiger partial charge in [-0.05, 0) is 39.3 Å². The van der Waals surface area contributed by atoms with Crippen LogP contribution in [0.25, 0.3) is 0 Å². The molecule has 142 valence electrons. The summed E-state index contributed by atoms with van der Waals surface area (Å²) in [5, 5.41) is 30.1.